The number of carbonyl (C=O) groups excluding carboxylic acids is 3. The highest BCUT2D eigenvalue weighted by atomic mass is 16.6. The zero-order valence-corrected chi connectivity index (χ0v) is 17.6. The van der Waals surface area contributed by atoms with Crippen molar-refractivity contribution in [3.63, 3.8) is 0 Å². The van der Waals surface area contributed by atoms with E-state index in [-0.39, 0.29) is 0 Å². The van der Waals surface area contributed by atoms with Crippen molar-refractivity contribution in [2.45, 2.75) is 5.54 Å². The lowest BCUT2D eigenvalue weighted by Gasteiger charge is -2.28. The molecule has 0 aromatic heterocycles. The summed E-state index contributed by atoms with van der Waals surface area (Å²) in [7, 11) is 0. The summed E-state index contributed by atoms with van der Waals surface area (Å²) in [5, 5.41) is 5.55. The number of anilines is 1. The van der Waals surface area contributed by atoms with Gasteiger partial charge in [-0.1, -0.05) is 60.7 Å². The van der Waals surface area contributed by atoms with Gasteiger partial charge in [0.15, 0.2) is 17.0 Å². The Labute approximate surface area is 190 Å². The lowest BCUT2D eigenvalue weighted by Crippen LogP contribution is -2.45. The molecule has 1 saturated heterocycles. The number of hydrogen-bond donors (Lipinski definition) is 2. The molecule has 8 heteroatoms. The molecule has 0 atom stereocenters. The largest absolute Gasteiger partial charge is 0.486 e. The second-order valence-electron chi connectivity index (χ2n) is 7.71. The predicted octanol–water partition coefficient (Wildman–Crippen LogP) is 2.89. The van der Waals surface area contributed by atoms with Gasteiger partial charge in [0.05, 0.1) is 0 Å². The predicted molar refractivity (Wildman–Crippen MR) is 120 cm³/mol. The summed E-state index contributed by atoms with van der Waals surface area (Å²) < 4.78 is 11.0. The van der Waals surface area contributed by atoms with Gasteiger partial charge in [-0.2, -0.15) is 0 Å². The van der Waals surface area contributed by atoms with Gasteiger partial charge in [0.2, 0.25) is 5.91 Å². The van der Waals surface area contributed by atoms with Crippen LogP contribution < -0.4 is 20.1 Å². The quantitative estimate of drug-likeness (QED) is 0.591. The average molecular weight is 443 g/mol. The molecule has 0 unspecified atom stereocenters. The Morgan fingerprint density at radius 1 is 0.879 bits per heavy atom. The molecule has 2 heterocycles. The van der Waals surface area contributed by atoms with Crippen molar-refractivity contribution in [2.75, 3.05) is 25.1 Å². The molecule has 3 aromatic rings. The zero-order chi connectivity index (χ0) is 22.8. The SMILES string of the molecule is O=C(CN1C(=O)NC(c2ccccc2)(c2ccccc2)C1=O)Nc1ccc2c(c1)OCCO2. The first-order valence-corrected chi connectivity index (χ1v) is 10.5. The van der Waals surface area contributed by atoms with Crippen LogP contribution in [0.2, 0.25) is 0 Å². The Morgan fingerprint density at radius 2 is 1.48 bits per heavy atom. The van der Waals surface area contributed by atoms with E-state index in [0.29, 0.717) is 41.5 Å². The number of carbonyl (C=O) groups is 3. The van der Waals surface area contributed by atoms with Gasteiger partial charge in [0, 0.05) is 11.8 Å². The average Bonchev–Trinajstić information content (AvgIpc) is 3.10. The standard InChI is InChI=1S/C25H21N3O5/c29-22(26-19-11-12-20-21(15-19)33-14-13-32-20)16-28-23(30)25(27-24(28)31,17-7-3-1-4-8-17)18-9-5-2-6-10-18/h1-12,15H,13-14,16H2,(H,26,29)(H,27,31). The van der Waals surface area contributed by atoms with Crippen molar-refractivity contribution in [1.82, 2.24) is 10.2 Å². The van der Waals surface area contributed by atoms with Gasteiger partial charge < -0.3 is 20.1 Å². The Hall–Kier alpha value is -4.33. The van der Waals surface area contributed by atoms with Crippen LogP contribution in [0.15, 0.2) is 78.9 Å². The van der Waals surface area contributed by atoms with Crippen molar-refractivity contribution in [3.05, 3.63) is 90.0 Å². The molecule has 0 radical (unpaired) electrons. The molecule has 0 spiro atoms. The van der Waals surface area contributed by atoms with E-state index in [1.54, 1.807) is 66.7 Å². The van der Waals surface area contributed by atoms with Gasteiger partial charge in [-0.15, -0.1) is 0 Å². The highest BCUT2D eigenvalue weighted by molar-refractivity contribution is 6.12. The lowest BCUT2D eigenvalue weighted by molar-refractivity contribution is -0.133. The van der Waals surface area contributed by atoms with Crippen molar-refractivity contribution < 1.29 is 23.9 Å². The summed E-state index contributed by atoms with van der Waals surface area (Å²) in [4.78, 5) is 40.2. The van der Waals surface area contributed by atoms with Crippen LogP contribution in [-0.2, 0) is 15.1 Å². The highest BCUT2D eigenvalue weighted by Crippen LogP contribution is 2.36. The molecule has 2 N–H and O–H groups in total. The molecule has 8 nitrogen and oxygen atoms in total. The summed E-state index contributed by atoms with van der Waals surface area (Å²) in [5.41, 5.74) is 0.305. The number of ether oxygens (including phenoxy) is 2. The Morgan fingerprint density at radius 3 is 2.12 bits per heavy atom. The first-order valence-electron chi connectivity index (χ1n) is 10.5. The second-order valence-corrected chi connectivity index (χ2v) is 7.71. The number of fused-ring (bicyclic) bond motifs is 1. The summed E-state index contributed by atoms with van der Waals surface area (Å²) in [6, 6.07) is 22.4. The molecule has 33 heavy (non-hydrogen) atoms. The molecule has 0 bridgehead atoms. The maximum absolute atomic E-state index is 13.6. The summed E-state index contributed by atoms with van der Waals surface area (Å²) >= 11 is 0. The van der Waals surface area contributed by atoms with E-state index in [1.807, 2.05) is 12.1 Å². The fourth-order valence-electron chi connectivity index (χ4n) is 4.12. The molecule has 0 saturated carbocycles. The molecule has 0 aliphatic carbocycles. The van der Waals surface area contributed by atoms with Crippen LogP contribution in [0.25, 0.3) is 0 Å². The Bertz CT molecular complexity index is 1170. The molecule has 4 amide bonds. The van der Waals surface area contributed by atoms with E-state index in [9.17, 15) is 14.4 Å². The maximum atomic E-state index is 13.6. The van der Waals surface area contributed by atoms with Gasteiger partial charge in [-0.05, 0) is 23.3 Å². The van der Waals surface area contributed by atoms with Crippen molar-refractivity contribution in [3.8, 4) is 11.5 Å². The molecular weight excluding hydrogens is 422 g/mol. The van der Waals surface area contributed by atoms with Gasteiger partial charge in [-0.25, -0.2) is 4.79 Å². The smallest absolute Gasteiger partial charge is 0.326 e. The van der Waals surface area contributed by atoms with Crippen molar-refractivity contribution >= 4 is 23.5 Å². The molecule has 3 aromatic carbocycles. The third-order valence-electron chi connectivity index (χ3n) is 5.65. The van der Waals surface area contributed by atoms with E-state index in [2.05, 4.69) is 10.6 Å². The van der Waals surface area contributed by atoms with Crippen molar-refractivity contribution in [2.24, 2.45) is 0 Å². The second kappa shape index (κ2) is 8.31. The van der Waals surface area contributed by atoms with Crippen LogP contribution >= 0.6 is 0 Å². The van der Waals surface area contributed by atoms with Crippen LogP contribution in [0, 0.1) is 0 Å². The van der Waals surface area contributed by atoms with E-state index < -0.39 is 29.9 Å². The number of rotatable bonds is 5. The van der Waals surface area contributed by atoms with Crippen molar-refractivity contribution in [1.29, 1.82) is 0 Å². The van der Waals surface area contributed by atoms with Gasteiger partial charge >= 0.3 is 6.03 Å². The van der Waals surface area contributed by atoms with E-state index >= 15 is 0 Å². The Balaban J connectivity index is 1.40. The van der Waals surface area contributed by atoms with E-state index in [1.165, 1.54) is 0 Å². The van der Waals surface area contributed by atoms with Gasteiger partial charge in [0.1, 0.15) is 19.8 Å². The van der Waals surface area contributed by atoms with Crippen LogP contribution in [-0.4, -0.2) is 42.5 Å². The lowest BCUT2D eigenvalue weighted by atomic mass is 9.82. The number of benzene rings is 3. The molecule has 1 fully saturated rings. The number of amides is 4. The minimum absolute atomic E-state index is 0.425. The minimum Gasteiger partial charge on any atom is -0.486 e. The van der Waals surface area contributed by atoms with E-state index in [0.717, 1.165) is 4.90 Å². The number of urea groups is 1. The topological polar surface area (TPSA) is 97.0 Å². The highest BCUT2D eigenvalue weighted by Gasteiger charge is 2.54. The normalized spacial score (nSPS) is 16.3. The summed E-state index contributed by atoms with van der Waals surface area (Å²) in [5.74, 6) is 0.111. The molecule has 2 aliphatic rings. The van der Waals surface area contributed by atoms with Crippen LogP contribution in [0.3, 0.4) is 0 Å². The maximum Gasteiger partial charge on any atom is 0.326 e. The molecule has 2 aliphatic heterocycles. The minimum atomic E-state index is -1.41. The van der Waals surface area contributed by atoms with E-state index in [4.69, 9.17) is 9.47 Å². The third-order valence-corrected chi connectivity index (χ3v) is 5.65. The fraction of sp³-hybridized carbons (Fsp3) is 0.160. The third kappa shape index (κ3) is 3.65. The monoisotopic (exact) mass is 443 g/mol. The fourth-order valence-corrected chi connectivity index (χ4v) is 4.12. The molecular formula is C25H21N3O5. The summed E-state index contributed by atoms with van der Waals surface area (Å²) in [6.07, 6.45) is 0. The number of nitrogens with one attached hydrogen (secondary N) is 2. The Kier molecular flexibility index (Phi) is 5.18. The van der Waals surface area contributed by atoms with Gasteiger partial charge in [-0.3, -0.25) is 14.5 Å². The number of hydrogen-bond acceptors (Lipinski definition) is 5. The first kappa shape index (κ1) is 20.6. The summed E-state index contributed by atoms with van der Waals surface area (Å²) in [6.45, 7) is 0.462. The van der Waals surface area contributed by atoms with Gasteiger partial charge in [0.25, 0.3) is 5.91 Å². The first-order chi connectivity index (χ1) is 16.1. The van der Waals surface area contributed by atoms with Crippen LogP contribution in [0.4, 0.5) is 10.5 Å². The molecule has 166 valence electrons. The number of nitrogens with zero attached hydrogens (tertiary/aromatic N) is 1. The number of imide groups is 1. The molecule has 5 rings (SSSR count). The van der Waals surface area contributed by atoms with Crippen LogP contribution in [0.5, 0.6) is 11.5 Å². The zero-order valence-electron chi connectivity index (χ0n) is 17.6. The van der Waals surface area contributed by atoms with Crippen LogP contribution in [0.1, 0.15) is 11.1 Å².